The van der Waals surface area contributed by atoms with Crippen LogP contribution < -0.4 is 15.4 Å². The zero-order chi connectivity index (χ0) is 16.3. The van der Waals surface area contributed by atoms with Gasteiger partial charge in [-0.1, -0.05) is 19.9 Å². The predicted molar refractivity (Wildman–Crippen MR) is 83.8 cm³/mol. The van der Waals surface area contributed by atoms with E-state index >= 15 is 0 Å². The summed E-state index contributed by atoms with van der Waals surface area (Å²) in [5.74, 6) is -0.198. The third-order valence-corrected chi connectivity index (χ3v) is 3.98. The summed E-state index contributed by atoms with van der Waals surface area (Å²) < 4.78 is 10.9. The minimum absolute atomic E-state index is 0.168. The summed E-state index contributed by atoms with van der Waals surface area (Å²) in [6.45, 7) is 5.60. The molecule has 0 aliphatic carbocycles. The molecule has 2 rings (SSSR count). The molecule has 0 saturated carbocycles. The SMILES string of the molecule is CCOC(=O)CN1C(=O)C(CC)(CC)Oc2cccc(N)c21. The summed E-state index contributed by atoms with van der Waals surface area (Å²) >= 11 is 0. The molecular weight excluding hydrogens is 284 g/mol. The predicted octanol–water partition coefficient (Wildman–Crippen LogP) is 2.12. The summed E-state index contributed by atoms with van der Waals surface area (Å²) in [6.07, 6.45) is 1.02. The van der Waals surface area contributed by atoms with Crippen molar-refractivity contribution < 1.29 is 19.1 Å². The first-order valence-electron chi connectivity index (χ1n) is 7.54. The van der Waals surface area contributed by atoms with E-state index in [1.807, 2.05) is 13.8 Å². The monoisotopic (exact) mass is 306 g/mol. The van der Waals surface area contributed by atoms with E-state index < -0.39 is 11.6 Å². The van der Waals surface area contributed by atoms with Crippen LogP contribution in [0.15, 0.2) is 18.2 Å². The molecule has 1 heterocycles. The van der Waals surface area contributed by atoms with Crippen molar-refractivity contribution in [2.24, 2.45) is 0 Å². The molecule has 1 aromatic carbocycles. The van der Waals surface area contributed by atoms with E-state index in [4.69, 9.17) is 15.2 Å². The van der Waals surface area contributed by atoms with Gasteiger partial charge in [0.25, 0.3) is 5.91 Å². The standard InChI is InChI=1S/C16H22N2O4/c1-4-16(5-2)15(20)18(10-13(19)21-6-3)14-11(17)8-7-9-12(14)22-16/h7-9H,4-6,10,17H2,1-3H3. The average Bonchev–Trinajstić information content (AvgIpc) is 2.50. The number of para-hydroxylation sites is 1. The van der Waals surface area contributed by atoms with E-state index in [1.54, 1.807) is 25.1 Å². The van der Waals surface area contributed by atoms with Crippen molar-refractivity contribution in [1.29, 1.82) is 0 Å². The molecule has 1 aliphatic rings. The molecule has 0 aromatic heterocycles. The molecule has 22 heavy (non-hydrogen) atoms. The lowest BCUT2D eigenvalue weighted by molar-refractivity contribution is -0.145. The van der Waals surface area contributed by atoms with Crippen molar-refractivity contribution in [1.82, 2.24) is 0 Å². The van der Waals surface area contributed by atoms with E-state index in [-0.39, 0.29) is 19.1 Å². The first kappa shape index (κ1) is 16.1. The molecule has 1 amide bonds. The summed E-state index contributed by atoms with van der Waals surface area (Å²) in [6, 6.07) is 5.21. The molecule has 0 unspecified atom stereocenters. The van der Waals surface area contributed by atoms with Crippen molar-refractivity contribution in [2.45, 2.75) is 39.2 Å². The fraction of sp³-hybridized carbons (Fsp3) is 0.500. The number of hydrogen-bond donors (Lipinski definition) is 1. The number of nitrogen functional groups attached to an aromatic ring is 1. The van der Waals surface area contributed by atoms with Crippen LogP contribution in [0.4, 0.5) is 11.4 Å². The third-order valence-electron chi connectivity index (χ3n) is 3.98. The van der Waals surface area contributed by atoms with Crippen LogP contribution in [0.3, 0.4) is 0 Å². The molecule has 1 aromatic rings. The van der Waals surface area contributed by atoms with E-state index in [0.717, 1.165) is 0 Å². The second-order valence-corrected chi connectivity index (χ2v) is 5.19. The van der Waals surface area contributed by atoms with E-state index in [9.17, 15) is 9.59 Å². The van der Waals surface area contributed by atoms with Gasteiger partial charge in [-0.05, 0) is 31.9 Å². The lowest BCUT2D eigenvalue weighted by Crippen LogP contribution is -2.57. The molecule has 0 atom stereocenters. The van der Waals surface area contributed by atoms with Gasteiger partial charge >= 0.3 is 5.97 Å². The lowest BCUT2D eigenvalue weighted by Gasteiger charge is -2.41. The van der Waals surface area contributed by atoms with Crippen LogP contribution in [-0.2, 0) is 14.3 Å². The molecule has 0 saturated heterocycles. The van der Waals surface area contributed by atoms with E-state index in [1.165, 1.54) is 4.90 Å². The number of nitrogens with zero attached hydrogens (tertiary/aromatic N) is 1. The van der Waals surface area contributed by atoms with Crippen LogP contribution in [0.5, 0.6) is 5.75 Å². The number of carbonyl (C=O) groups excluding carboxylic acids is 2. The molecular formula is C16H22N2O4. The van der Waals surface area contributed by atoms with Crippen LogP contribution in [0, 0.1) is 0 Å². The first-order chi connectivity index (χ1) is 10.5. The Kier molecular flexibility index (Phi) is 4.59. The zero-order valence-electron chi connectivity index (χ0n) is 13.2. The molecule has 2 N–H and O–H groups in total. The first-order valence-corrected chi connectivity index (χ1v) is 7.54. The number of hydrogen-bond acceptors (Lipinski definition) is 5. The van der Waals surface area contributed by atoms with Crippen molar-refractivity contribution in [2.75, 3.05) is 23.8 Å². The molecule has 120 valence electrons. The number of fused-ring (bicyclic) bond motifs is 1. The Labute approximate surface area is 130 Å². The lowest BCUT2D eigenvalue weighted by atomic mass is 9.92. The van der Waals surface area contributed by atoms with Gasteiger partial charge in [-0.25, -0.2) is 0 Å². The zero-order valence-corrected chi connectivity index (χ0v) is 13.2. The van der Waals surface area contributed by atoms with Crippen LogP contribution in [0.2, 0.25) is 0 Å². The van der Waals surface area contributed by atoms with Crippen LogP contribution in [-0.4, -0.2) is 30.6 Å². The van der Waals surface area contributed by atoms with Crippen molar-refractivity contribution in [3.63, 3.8) is 0 Å². The number of carbonyl (C=O) groups is 2. The van der Waals surface area contributed by atoms with E-state index in [2.05, 4.69) is 0 Å². The Balaban J connectivity index is 2.49. The van der Waals surface area contributed by atoms with Gasteiger partial charge in [0.1, 0.15) is 18.0 Å². The van der Waals surface area contributed by atoms with Crippen LogP contribution in [0.1, 0.15) is 33.6 Å². The molecule has 6 heteroatoms. The number of rotatable bonds is 5. The fourth-order valence-electron chi connectivity index (χ4n) is 2.70. The molecule has 1 aliphatic heterocycles. The van der Waals surface area contributed by atoms with Crippen molar-refractivity contribution in [3.05, 3.63) is 18.2 Å². The maximum atomic E-state index is 12.9. The number of ether oxygens (including phenoxy) is 2. The largest absolute Gasteiger partial charge is 0.475 e. The Morgan fingerprint density at radius 2 is 2.00 bits per heavy atom. The van der Waals surface area contributed by atoms with Gasteiger partial charge < -0.3 is 15.2 Å². The quantitative estimate of drug-likeness (QED) is 0.665. The Bertz CT molecular complexity index is 582. The second-order valence-electron chi connectivity index (χ2n) is 5.19. The summed E-state index contributed by atoms with van der Waals surface area (Å²) in [5.41, 5.74) is 5.87. The van der Waals surface area contributed by atoms with Crippen LogP contribution >= 0.6 is 0 Å². The highest BCUT2D eigenvalue weighted by atomic mass is 16.5. The van der Waals surface area contributed by atoms with E-state index in [0.29, 0.717) is 30.0 Å². The highest BCUT2D eigenvalue weighted by Crippen LogP contribution is 2.43. The summed E-state index contributed by atoms with van der Waals surface area (Å²) in [5, 5.41) is 0. The maximum absolute atomic E-state index is 12.9. The minimum atomic E-state index is -0.965. The van der Waals surface area contributed by atoms with Crippen molar-refractivity contribution in [3.8, 4) is 5.75 Å². The van der Waals surface area contributed by atoms with Crippen molar-refractivity contribution >= 4 is 23.3 Å². The minimum Gasteiger partial charge on any atom is -0.475 e. The fourth-order valence-corrected chi connectivity index (χ4v) is 2.70. The number of benzene rings is 1. The second kappa shape index (κ2) is 6.25. The number of esters is 1. The Morgan fingerprint density at radius 1 is 1.32 bits per heavy atom. The number of amides is 1. The average molecular weight is 306 g/mol. The smallest absolute Gasteiger partial charge is 0.326 e. The topological polar surface area (TPSA) is 81.9 Å². The Hall–Kier alpha value is -2.24. The number of anilines is 2. The molecule has 0 spiro atoms. The number of nitrogens with two attached hydrogens (primary N) is 1. The van der Waals surface area contributed by atoms with Crippen LogP contribution in [0.25, 0.3) is 0 Å². The van der Waals surface area contributed by atoms with Gasteiger partial charge in [0.15, 0.2) is 5.60 Å². The van der Waals surface area contributed by atoms with Gasteiger partial charge in [0.05, 0.1) is 12.3 Å². The third kappa shape index (κ3) is 2.61. The van der Waals surface area contributed by atoms with Gasteiger partial charge in [-0.3, -0.25) is 14.5 Å². The summed E-state index contributed by atoms with van der Waals surface area (Å²) in [4.78, 5) is 26.2. The molecule has 0 radical (unpaired) electrons. The highest BCUT2D eigenvalue weighted by Gasteiger charge is 2.47. The maximum Gasteiger partial charge on any atom is 0.326 e. The van der Waals surface area contributed by atoms with Gasteiger partial charge in [-0.15, -0.1) is 0 Å². The molecule has 6 nitrogen and oxygen atoms in total. The van der Waals surface area contributed by atoms with Gasteiger partial charge in [-0.2, -0.15) is 0 Å². The normalized spacial score (nSPS) is 16.0. The highest BCUT2D eigenvalue weighted by molar-refractivity contribution is 6.07. The summed E-state index contributed by atoms with van der Waals surface area (Å²) in [7, 11) is 0. The van der Waals surface area contributed by atoms with Gasteiger partial charge in [0, 0.05) is 0 Å². The molecule has 0 fully saturated rings. The molecule has 0 bridgehead atoms. The van der Waals surface area contributed by atoms with Gasteiger partial charge in [0.2, 0.25) is 0 Å². The Morgan fingerprint density at radius 3 is 2.59 bits per heavy atom.